The molecule has 0 aromatic heterocycles. The standard InChI is InChI=1S/C13H10BrNO3/c14-12-8-10(15(17)18)6-7-11(12)13(16)9-4-2-1-3-5-9/h1-8,13,16H/t13-/m0/s1. The van der Waals surface area contributed by atoms with Crippen LogP contribution in [0, 0.1) is 10.1 Å². The largest absolute Gasteiger partial charge is 0.384 e. The van der Waals surface area contributed by atoms with Crippen LogP contribution in [0.25, 0.3) is 0 Å². The van der Waals surface area contributed by atoms with Gasteiger partial charge in [-0.1, -0.05) is 46.3 Å². The lowest BCUT2D eigenvalue weighted by Gasteiger charge is -2.12. The zero-order valence-electron chi connectivity index (χ0n) is 9.29. The molecule has 92 valence electrons. The van der Waals surface area contributed by atoms with Crippen LogP contribution in [-0.2, 0) is 0 Å². The molecule has 1 N–H and O–H groups in total. The number of non-ortho nitro benzene ring substituents is 1. The second-order valence-corrected chi connectivity index (χ2v) is 4.63. The number of rotatable bonds is 3. The quantitative estimate of drug-likeness (QED) is 0.698. The van der Waals surface area contributed by atoms with Crippen molar-refractivity contribution in [2.45, 2.75) is 6.10 Å². The second-order valence-electron chi connectivity index (χ2n) is 3.78. The molecule has 0 aliphatic heterocycles. The smallest absolute Gasteiger partial charge is 0.270 e. The van der Waals surface area contributed by atoms with Crippen molar-refractivity contribution in [2.75, 3.05) is 0 Å². The molecule has 0 bridgehead atoms. The molecule has 0 radical (unpaired) electrons. The van der Waals surface area contributed by atoms with Crippen molar-refractivity contribution >= 4 is 21.6 Å². The number of aliphatic hydroxyl groups excluding tert-OH is 1. The van der Waals surface area contributed by atoms with Crippen LogP contribution in [0.5, 0.6) is 0 Å². The Balaban J connectivity index is 2.37. The molecule has 4 nitrogen and oxygen atoms in total. The van der Waals surface area contributed by atoms with Crippen LogP contribution in [0.15, 0.2) is 53.0 Å². The highest BCUT2D eigenvalue weighted by Gasteiger charge is 2.16. The van der Waals surface area contributed by atoms with Gasteiger partial charge >= 0.3 is 0 Å². The Labute approximate surface area is 112 Å². The van der Waals surface area contributed by atoms with Gasteiger partial charge in [-0.2, -0.15) is 0 Å². The van der Waals surface area contributed by atoms with Gasteiger partial charge in [0.15, 0.2) is 0 Å². The molecule has 1 atom stereocenters. The number of nitro groups is 1. The van der Waals surface area contributed by atoms with Gasteiger partial charge in [-0.3, -0.25) is 10.1 Å². The van der Waals surface area contributed by atoms with E-state index in [0.717, 1.165) is 5.56 Å². The summed E-state index contributed by atoms with van der Waals surface area (Å²) in [6.07, 6.45) is -0.804. The van der Waals surface area contributed by atoms with Crippen LogP contribution in [0.4, 0.5) is 5.69 Å². The number of nitrogens with zero attached hydrogens (tertiary/aromatic N) is 1. The average molecular weight is 308 g/mol. The van der Waals surface area contributed by atoms with Crippen LogP contribution in [-0.4, -0.2) is 10.0 Å². The Hall–Kier alpha value is -1.72. The molecule has 0 unspecified atom stereocenters. The number of nitro benzene ring substituents is 1. The summed E-state index contributed by atoms with van der Waals surface area (Å²) in [5, 5.41) is 20.8. The number of hydrogen-bond acceptors (Lipinski definition) is 3. The molecule has 0 spiro atoms. The SMILES string of the molecule is O=[N+]([O-])c1ccc([C@@H](O)c2ccccc2)c(Br)c1. The van der Waals surface area contributed by atoms with E-state index in [1.54, 1.807) is 18.2 Å². The highest BCUT2D eigenvalue weighted by atomic mass is 79.9. The molecule has 2 aromatic carbocycles. The van der Waals surface area contributed by atoms with Crippen molar-refractivity contribution < 1.29 is 10.0 Å². The Morgan fingerprint density at radius 3 is 2.39 bits per heavy atom. The van der Waals surface area contributed by atoms with Crippen molar-refractivity contribution in [1.29, 1.82) is 0 Å². The number of aliphatic hydroxyl groups is 1. The third-order valence-corrected chi connectivity index (χ3v) is 3.29. The summed E-state index contributed by atoms with van der Waals surface area (Å²) in [7, 11) is 0. The van der Waals surface area contributed by atoms with Gasteiger partial charge in [0.25, 0.3) is 5.69 Å². The van der Waals surface area contributed by atoms with E-state index in [0.29, 0.717) is 10.0 Å². The predicted octanol–water partition coefficient (Wildman–Crippen LogP) is 3.44. The molecule has 5 heteroatoms. The fourth-order valence-corrected chi connectivity index (χ4v) is 2.25. The van der Waals surface area contributed by atoms with E-state index < -0.39 is 11.0 Å². The predicted molar refractivity (Wildman–Crippen MR) is 71.3 cm³/mol. The monoisotopic (exact) mass is 307 g/mol. The summed E-state index contributed by atoms with van der Waals surface area (Å²) < 4.78 is 0.521. The maximum absolute atomic E-state index is 10.6. The molecular weight excluding hydrogens is 298 g/mol. The van der Waals surface area contributed by atoms with Gasteiger partial charge in [-0.15, -0.1) is 0 Å². The third-order valence-electron chi connectivity index (χ3n) is 2.60. The molecule has 0 aliphatic carbocycles. The van der Waals surface area contributed by atoms with Crippen LogP contribution < -0.4 is 0 Å². The summed E-state index contributed by atoms with van der Waals surface area (Å²) in [5.74, 6) is 0. The summed E-state index contributed by atoms with van der Waals surface area (Å²) >= 11 is 3.25. The fourth-order valence-electron chi connectivity index (χ4n) is 1.67. The molecule has 0 aliphatic rings. The minimum absolute atomic E-state index is 0.00844. The van der Waals surface area contributed by atoms with E-state index in [-0.39, 0.29) is 5.69 Å². The zero-order valence-corrected chi connectivity index (χ0v) is 10.9. The van der Waals surface area contributed by atoms with E-state index >= 15 is 0 Å². The van der Waals surface area contributed by atoms with Crippen LogP contribution in [0.3, 0.4) is 0 Å². The molecule has 0 saturated carbocycles. The highest BCUT2D eigenvalue weighted by Crippen LogP contribution is 2.31. The van der Waals surface area contributed by atoms with Gasteiger partial charge < -0.3 is 5.11 Å². The van der Waals surface area contributed by atoms with Crippen LogP contribution in [0.2, 0.25) is 0 Å². The molecule has 0 saturated heterocycles. The van der Waals surface area contributed by atoms with Gasteiger partial charge in [0.1, 0.15) is 6.10 Å². The number of halogens is 1. The minimum atomic E-state index is -0.804. The highest BCUT2D eigenvalue weighted by molar-refractivity contribution is 9.10. The van der Waals surface area contributed by atoms with E-state index in [1.807, 2.05) is 18.2 Å². The summed E-state index contributed by atoms with van der Waals surface area (Å²) in [5.41, 5.74) is 1.34. The van der Waals surface area contributed by atoms with Gasteiger partial charge in [0.05, 0.1) is 4.92 Å². The first-order valence-electron chi connectivity index (χ1n) is 5.26. The summed E-state index contributed by atoms with van der Waals surface area (Å²) in [6.45, 7) is 0. The molecule has 0 heterocycles. The normalized spacial score (nSPS) is 12.1. The first kappa shape index (κ1) is 12.7. The van der Waals surface area contributed by atoms with E-state index in [9.17, 15) is 15.2 Å². The fraction of sp³-hybridized carbons (Fsp3) is 0.0769. The molecule has 2 rings (SSSR count). The van der Waals surface area contributed by atoms with Crippen LogP contribution in [0.1, 0.15) is 17.2 Å². The van der Waals surface area contributed by atoms with Crippen molar-refractivity contribution in [3.05, 3.63) is 74.2 Å². The topological polar surface area (TPSA) is 63.4 Å². The van der Waals surface area contributed by atoms with Gasteiger partial charge in [0.2, 0.25) is 0 Å². The molecular formula is C13H10BrNO3. The third kappa shape index (κ3) is 2.57. The van der Waals surface area contributed by atoms with E-state index in [2.05, 4.69) is 15.9 Å². The van der Waals surface area contributed by atoms with E-state index in [1.165, 1.54) is 12.1 Å². The lowest BCUT2D eigenvalue weighted by Crippen LogP contribution is -2.01. The van der Waals surface area contributed by atoms with Crippen molar-refractivity contribution in [1.82, 2.24) is 0 Å². The van der Waals surface area contributed by atoms with Crippen molar-refractivity contribution in [2.24, 2.45) is 0 Å². The first-order valence-corrected chi connectivity index (χ1v) is 6.06. The second kappa shape index (κ2) is 5.29. The maximum atomic E-state index is 10.6. The lowest BCUT2D eigenvalue weighted by molar-refractivity contribution is -0.384. The van der Waals surface area contributed by atoms with Gasteiger partial charge in [0, 0.05) is 16.6 Å². The molecule has 18 heavy (non-hydrogen) atoms. The number of benzene rings is 2. The van der Waals surface area contributed by atoms with Gasteiger partial charge in [-0.05, 0) is 17.2 Å². The molecule has 2 aromatic rings. The van der Waals surface area contributed by atoms with Gasteiger partial charge in [-0.25, -0.2) is 0 Å². The Kier molecular flexibility index (Phi) is 3.74. The Morgan fingerprint density at radius 1 is 1.17 bits per heavy atom. The maximum Gasteiger partial charge on any atom is 0.270 e. The summed E-state index contributed by atoms with van der Waals surface area (Å²) in [6, 6.07) is 13.5. The summed E-state index contributed by atoms with van der Waals surface area (Å²) in [4.78, 5) is 10.2. The first-order chi connectivity index (χ1) is 8.59. The Bertz CT molecular complexity index is 572. The van der Waals surface area contributed by atoms with Crippen molar-refractivity contribution in [3.63, 3.8) is 0 Å². The van der Waals surface area contributed by atoms with E-state index in [4.69, 9.17) is 0 Å². The van der Waals surface area contributed by atoms with Crippen LogP contribution >= 0.6 is 15.9 Å². The molecule has 0 amide bonds. The molecule has 0 fully saturated rings. The minimum Gasteiger partial charge on any atom is -0.384 e. The van der Waals surface area contributed by atoms with Crippen molar-refractivity contribution in [3.8, 4) is 0 Å². The lowest BCUT2D eigenvalue weighted by atomic mass is 10.0. The zero-order chi connectivity index (χ0) is 13.1. The Morgan fingerprint density at radius 2 is 1.83 bits per heavy atom. The average Bonchev–Trinajstić information content (AvgIpc) is 2.38. The number of hydrogen-bond donors (Lipinski definition) is 1.